The molecule has 1 aromatic heterocycles. The summed E-state index contributed by atoms with van der Waals surface area (Å²) in [6.07, 6.45) is -0.190. The van der Waals surface area contributed by atoms with Gasteiger partial charge in [0.1, 0.15) is 6.54 Å². The molecule has 3 rings (SSSR count). The maximum absolute atomic E-state index is 12.3. The van der Waals surface area contributed by atoms with Gasteiger partial charge >= 0.3 is 5.97 Å². The van der Waals surface area contributed by atoms with Crippen molar-refractivity contribution in [3.63, 3.8) is 0 Å². The molecule has 1 amide bonds. The Labute approximate surface area is 175 Å². The van der Waals surface area contributed by atoms with Crippen LogP contribution in [0.5, 0.6) is 0 Å². The summed E-state index contributed by atoms with van der Waals surface area (Å²) < 4.78 is 5.14. The van der Waals surface area contributed by atoms with Gasteiger partial charge in [0.05, 0.1) is 11.7 Å². The molecule has 1 N–H and O–H groups in total. The van der Waals surface area contributed by atoms with Gasteiger partial charge in [-0.25, -0.2) is 4.79 Å². The van der Waals surface area contributed by atoms with Crippen LogP contribution >= 0.6 is 0 Å². The fourth-order valence-corrected chi connectivity index (χ4v) is 2.74. The average Bonchev–Trinajstić information content (AvgIpc) is 3.16. The van der Waals surface area contributed by atoms with Crippen molar-refractivity contribution in [3.8, 4) is 11.4 Å². The van der Waals surface area contributed by atoms with Gasteiger partial charge in [0.25, 0.3) is 0 Å². The number of amides is 1. The number of hydrogen-bond donors (Lipinski definition) is 1. The molecule has 2 aromatic carbocycles. The summed E-state index contributed by atoms with van der Waals surface area (Å²) in [6, 6.07) is 14.5. The predicted molar refractivity (Wildman–Crippen MR) is 113 cm³/mol. The largest absolute Gasteiger partial charge is 0.459 e. The van der Waals surface area contributed by atoms with E-state index >= 15 is 0 Å². The van der Waals surface area contributed by atoms with E-state index in [4.69, 9.17) is 4.74 Å². The number of hydrogen-bond acceptors (Lipinski definition) is 6. The molecule has 0 bridgehead atoms. The molecule has 0 unspecified atom stereocenters. The first-order chi connectivity index (χ1) is 14.3. The zero-order chi connectivity index (χ0) is 21.7. The minimum absolute atomic E-state index is 0.0752. The first-order valence-electron chi connectivity index (χ1n) is 9.81. The quantitative estimate of drug-likeness (QED) is 0.600. The van der Waals surface area contributed by atoms with Gasteiger partial charge in [0.2, 0.25) is 11.7 Å². The number of nitrogens with one attached hydrogen (secondary N) is 1. The zero-order valence-electron chi connectivity index (χ0n) is 17.5. The Kier molecular flexibility index (Phi) is 6.56. The molecule has 8 nitrogen and oxygen atoms in total. The van der Waals surface area contributed by atoms with Gasteiger partial charge in [0, 0.05) is 11.3 Å². The number of carbonyl (C=O) groups is 2. The third kappa shape index (κ3) is 5.50. The van der Waals surface area contributed by atoms with Gasteiger partial charge in [-0.1, -0.05) is 38.1 Å². The van der Waals surface area contributed by atoms with Crippen molar-refractivity contribution in [2.24, 2.45) is 0 Å². The Morgan fingerprint density at radius 3 is 2.27 bits per heavy atom. The Balaban J connectivity index is 1.58. The smallest absolute Gasteiger partial charge is 0.338 e. The molecule has 1 heterocycles. The number of rotatable bonds is 7. The minimum Gasteiger partial charge on any atom is -0.459 e. The van der Waals surface area contributed by atoms with Gasteiger partial charge in [-0.2, -0.15) is 4.80 Å². The highest BCUT2D eigenvalue weighted by molar-refractivity contribution is 5.93. The Bertz CT molecular complexity index is 1010. The van der Waals surface area contributed by atoms with E-state index in [-0.39, 0.29) is 18.6 Å². The lowest BCUT2D eigenvalue weighted by Gasteiger charge is -2.09. The zero-order valence-corrected chi connectivity index (χ0v) is 17.5. The minimum atomic E-state index is -0.399. The number of aromatic nitrogens is 4. The molecule has 30 heavy (non-hydrogen) atoms. The molecule has 156 valence electrons. The number of carbonyl (C=O) groups excluding carboxylic acids is 2. The molecule has 8 heteroatoms. The summed E-state index contributed by atoms with van der Waals surface area (Å²) in [6.45, 7) is 7.77. The number of anilines is 1. The van der Waals surface area contributed by atoms with Crippen LogP contribution in [-0.4, -0.2) is 38.2 Å². The van der Waals surface area contributed by atoms with Crippen molar-refractivity contribution in [2.45, 2.75) is 46.3 Å². The second kappa shape index (κ2) is 9.30. The Morgan fingerprint density at radius 1 is 1.00 bits per heavy atom. The van der Waals surface area contributed by atoms with E-state index in [2.05, 4.69) is 34.6 Å². The summed E-state index contributed by atoms with van der Waals surface area (Å²) in [5, 5.41) is 15.0. The van der Waals surface area contributed by atoms with Crippen LogP contribution < -0.4 is 5.32 Å². The van der Waals surface area contributed by atoms with Crippen molar-refractivity contribution in [3.05, 3.63) is 59.7 Å². The summed E-state index contributed by atoms with van der Waals surface area (Å²) in [7, 11) is 0. The average molecular weight is 407 g/mol. The molecule has 0 radical (unpaired) electrons. The maximum Gasteiger partial charge on any atom is 0.338 e. The number of ether oxygens (including phenoxy) is 1. The van der Waals surface area contributed by atoms with E-state index < -0.39 is 5.97 Å². The number of benzene rings is 2. The van der Waals surface area contributed by atoms with E-state index in [1.165, 1.54) is 10.4 Å². The van der Waals surface area contributed by atoms with Gasteiger partial charge in [-0.05, 0) is 54.8 Å². The van der Waals surface area contributed by atoms with Crippen LogP contribution in [-0.2, 0) is 16.1 Å². The maximum atomic E-state index is 12.3. The fraction of sp³-hybridized carbons (Fsp3) is 0.318. The monoisotopic (exact) mass is 407 g/mol. The highest BCUT2D eigenvalue weighted by Gasteiger charge is 2.12. The van der Waals surface area contributed by atoms with Gasteiger partial charge < -0.3 is 10.1 Å². The van der Waals surface area contributed by atoms with E-state index in [1.807, 2.05) is 24.3 Å². The fourth-order valence-electron chi connectivity index (χ4n) is 2.74. The molecule has 0 spiro atoms. The predicted octanol–water partition coefficient (Wildman–Crippen LogP) is 3.67. The van der Waals surface area contributed by atoms with Gasteiger partial charge in [-0.3, -0.25) is 4.79 Å². The van der Waals surface area contributed by atoms with Crippen molar-refractivity contribution in [1.82, 2.24) is 20.2 Å². The summed E-state index contributed by atoms with van der Waals surface area (Å²) in [4.78, 5) is 25.4. The van der Waals surface area contributed by atoms with Gasteiger partial charge in [-0.15, -0.1) is 10.2 Å². The molecule has 0 fully saturated rings. The molecule has 0 atom stereocenters. The van der Waals surface area contributed by atoms with Crippen molar-refractivity contribution < 1.29 is 14.3 Å². The molecular weight excluding hydrogens is 382 g/mol. The number of tetrazole rings is 1. The lowest BCUT2D eigenvalue weighted by molar-refractivity contribution is -0.117. The Hall–Kier alpha value is -3.55. The second-order valence-electron chi connectivity index (χ2n) is 7.50. The molecule has 0 aliphatic rings. The molecule has 0 saturated carbocycles. The first kappa shape index (κ1) is 21.2. The van der Waals surface area contributed by atoms with Crippen LogP contribution in [0.3, 0.4) is 0 Å². The highest BCUT2D eigenvalue weighted by atomic mass is 16.5. The SMILES string of the molecule is CC(C)OC(=O)c1ccc(NC(=O)Cn2nnc(-c3ccc(C(C)C)cc3)n2)cc1. The summed E-state index contributed by atoms with van der Waals surface area (Å²) in [5.41, 5.74) is 3.06. The van der Waals surface area contributed by atoms with Crippen molar-refractivity contribution in [2.75, 3.05) is 5.32 Å². The summed E-state index contributed by atoms with van der Waals surface area (Å²) >= 11 is 0. The van der Waals surface area contributed by atoms with E-state index in [0.29, 0.717) is 23.0 Å². The van der Waals surface area contributed by atoms with Crippen molar-refractivity contribution in [1.29, 1.82) is 0 Å². The topological polar surface area (TPSA) is 99.0 Å². The molecule has 0 aliphatic heterocycles. The lowest BCUT2D eigenvalue weighted by Crippen LogP contribution is -2.20. The highest BCUT2D eigenvalue weighted by Crippen LogP contribution is 2.19. The number of esters is 1. The molecule has 0 saturated heterocycles. The third-order valence-electron chi connectivity index (χ3n) is 4.32. The van der Waals surface area contributed by atoms with Crippen LogP contribution in [0.2, 0.25) is 0 Å². The van der Waals surface area contributed by atoms with Crippen molar-refractivity contribution >= 4 is 17.6 Å². The van der Waals surface area contributed by atoms with Crippen LogP contribution in [0, 0.1) is 0 Å². The van der Waals surface area contributed by atoms with E-state index in [1.54, 1.807) is 38.1 Å². The van der Waals surface area contributed by atoms with Crippen LogP contribution in [0.15, 0.2) is 48.5 Å². The normalized spacial score (nSPS) is 11.0. The molecular formula is C22H25N5O3. The summed E-state index contributed by atoms with van der Waals surface area (Å²) in [5.74, 6) is 0.211. The first-order valence-corrected chi connectivity index (χ1v) is 9.81. The second-order valence-corrected chi connectivity index (χ2v) is 7.50. The Morgan fingerprint density at radius 2 is 1.67 bits per heavy atom. The molecule has 3 aromatic rings. The van der Waals surface area contributed by atoms with E-state index in [0.717, 1.165) is 5.56 Å². The lowest BCUT2D eigenvalue weighted by atomic mass is 10.0. The third-order valence-corrected chi connectivity index (χ3v) is 4.32. The molecule has 0 aliphatic carbocycles. The number of nitrogens with zero attached hydrogens (tertiary/aromatic N) is 4. The van der Waals surface area contributed by atoms with Gasteiger partial charge in [0.15, 0.2) is 0 Å². The van der Waals surface area contributed by atoms with Crippen LogP contribution in [0.1, 0.15) is 49.5 Å². The van der Waals surface area contributed by atoms with E-state index in [9.17, 15) is 9.59 Å². The van der Waals surface area contributed by atoms with Crippen LogP contribution in [0.25, 0.3) is 11.4 Å². The standard InChI is InChI=1S/C22H25N5O3/c1-14(2)16-5-7-17(8-6-16)21-24-26-27(25-21)13-20(28)23-19-11-9-18(10-12-19)22(29)30-15(3)4/h5-12,14-15H,13H2,1-4H3,(H,23,28). The van der Waals surface area contributed by atoms with Crippen LogP contribution in [0.4, 0.5) is 5.69 Å².